The van der Waals surface area contributed by atoms with Gasteiger partial charge in [-0.25, -0.2) is 4.57 Å². The lowest BCUT2D eigenvalue weighted by atomic mass is 10.3. The number of nitrogens with one attached hydrogen (secondary N) is 1. The number of hydrogen-bond acceptors (Lipinski definition) is 3. The van der Waals surface area contributed by atoms with E-state index in [1.165, 1.54) is 5.56 Å². The van der Waals surface area contributed by atoms with Gasteiger partial charge in [-0.15, -0.1) is 0 Å². The predicted octanol–water partition coefficient (Wildman–Crippen LogP) is -2.59. The molecule has 0 aliphatic heterocycles. The van der Waals surface area contributed by atoms with Gasteiger partial charge in [0.1, 0.15) is 0 Å². The predicted molar refractivity (Wildman–Crippen MR) is 66.8 cm³/mol. The fourth-order valence-electron chi connectivity index (χ4n) is 1.46. The molecule has 0 aliphatic rings. The molecular formula is C13H21BrN2O3. The summed E-state index contributed by atoms with van der Waals surface area (Å²) >= 11 is 0. The summed E-state index contributed by atoms with van der Waals surface area (Å²) in [5.74, 6) is -0.0119. The van der Waals surface area contributed by atoms with Crippen molar-refractivity contribution in [1.29, 1.82) is 0 Å². The molecule has 5 nitrogen and oxygen atoms in total. The lowest BCUT2D eigenvalue weighted by Gasteiger charge is -2.13. The van der Waals surface area contributed by atoms with E-state index >= 15 is 0 Å². The summed E-state index contributed by atoms with van der Waals surface area (Å²) in [6.45, 7) is 3.06. The second kappa shape index (κ2) is 9.89. The number of pyridine rings is 1. The largest absolute Gasteiger partial charge is 1.00 e. The highest BCUT2D eigenvalue weighted by atomic mass is 79.9. The van der Waals surface area contributed by atoms with Crippen LogP contribution in [0.1, 0.15) is 12.0 Å². The van der Waals surface area contributed by atoms with E-state index in [1.54, 1.807) is 14.2 Å². The maximum atomic E-state index is 11.6. The third-order valence-electron chi connectivity index (χ3n) is 2.65. The third kappa shape index (κ3) is 7.25. The second-order valence-electron chi connectivity index (χ2n) is 4.07. The first-order valence-electron chi connectivity index (χ1n) is 5.93. The Labute approximate surface area is 124 Å². The Balaban J connectivity index is 0.00000324. The minimum Gasteiger partial charge on any atom is -1.00 e. The maximum Gasteiger partial charge on any atom is 0.226 e. The molecule has 0 saturated heterocycles. The Kier molecular flexibility index (Phi) is 9.38. The molecule has 0 bridgehead atoms. The summed E-state index contributed by atoms with van der Waals surface area (Å²) < 4.78 is 12.0. The Morgan fingerprint density at radius 1 is 1.32 bits per heavy atom. The van der Waals surface area contributed by atoms with Gasteiger partial charge in [0.25, 0.3) is 0 Å². The normalized spacial score (nSPS) is 10.1. The number of rotatable bonds is 7. The minimum atomic E-state index is -0.388. The van der Waals surface area contributed by atoms with E-state index in [0.29, 0.717) is 19.5 Å². The molecule has 1 rings (SSSR count). The van der Waals surface area contributed by atoms with Crippen molar-refractivity contribution in [2.24, 2.45) is 0 Å². The van der Waals surface area contributed by atoms with Gasteiger partial charge in [0.15, 0.2) is 25.2 Å². The molecule has 1 N–H and O–H groups in total. The zero-order chi connectivity index (χ0) is 13.4. The topological polar surface area (TPSA) is 51.4 Å². The number of ether oxygens (including phenoxy) is 2. The molecule has 1 heterocycles. The van der Waals surface area contributed by atoms with Gasteiger partial charge in [0, 0.05) is 26.4 Å². The molecule has 0 unspecified atom stereocenters. The summed E-state index contributed by atoms with van der Waals surface area (Å²) in [4.78, 5) is 11.6. The van der Waals surface area contributed by atoms with Crippen LogP contribution in [0.2, 0.25) is 0 Å². The van der Waals surface area contributed by atoms with Crippen LogP contribution in [0.4, 0.5) is 0 Å². The quantitative estimate of drug-likeness (QED) is 0.440. The van der Waals surface area contributed by atoms with Crippen LogP contribution in [0.15, 0.2) is 24.5 Å². The first-order valence-corrected chi connectivity index (χ1v) is 5.93. The molecule has 0 fully saturated rings. The first kappa shape index (κ1) is 18.0. The fraction of sp³-hybridized carbons (Fsp3) is 0.538. The van der Waals surface area contributed by atoms with Crippen LogP contribution in [0.5, 0.6) is 0 Å². The van der Waals surface area contributed by atoms with E-state index in [4.69, 9.17) is 9.47 Å². The molecular weight excluding hydrogens is 312 g/mol. The molecule has 6 heteroatoms. The second-order valence-corrected chi connectivity index (χ2v) is 4.07. The Bertz CT molecular complexity index is 367. The number of carbonyl (C=O) groups excluding carboxylic acids is 1. The fourth-order valence-corrected chi connectivity index (χ4v) is 1.46. The third-order valence-corrected chi connectivity index (χ3v) is 2.65. The minimum absolute atomic E-state index is 0. The highest BCUT2D eigenvalue weighted by Gasteiger charge is 2.09. The molecule has 0 atom stereocenters. The van der Waals surface area contributed by atoms with Gasteiger partial charge >= 0.3 is 0 Å². The Hall–Kier alpha value is -0.980. The van der Waals surface area contributed by atoms with Gasteiger partial charge in [-0.3, -0.25) is 4.79 Å². The van der Waals surface area contributed by atoms with Crippen molar-refractivity contribution in [3.63, 3.8) is 0 Å². The van der Waals surface area contributed by atoms with Crippen LogP contribution < -0.4 is 26.9 Å². The van der Waals surface area contributed by atoms with Gasteiger partial charge in [-0.2, -0.15) is 0 Å². The molecule has 0 aliphatic carbocycles. The van der Waals surface area contributed by atoms with E-state index in [2.05, 4.69) is 5.32 Å². The van der Waals surface area contributed by atoms with Crippen LogP contribution in [0.3, 0.4) is 0 Å². The van der Waals surface area contributed by atoms with Crippen molar-refractivity contribution in [1.82, 2.24) is 5.32 Å². The Morgan fingerprint density at radius 3 is 2.42 bits per heavy atom. The monoisotopic (exact) mass is 332 g/mol. The van der Waals surface area contributed by atoms with E-state index < -0.39 is 0 Å². The van der Waals surface area contributed by atoms with Crippen LogP contribution in [0, 0.1) is 6.92 Å². The number of nitrogens with zero attached hydrogens (tertiary/aromatic N) is 1. The zero-order valence-corrected chi connectivity index (χ0v) is 13.1. The van der Waals surface area contributed by atoms with Gasteiger partial charge < -0.3 is 31.8 Å². The number of methoxy groups -OCH3 is 2. The van der Waals surface area contributed by atoms with Crippen molar-refractivity contribution < 1.29 is 35.8 Å². The smallest absolute Gasteiger partial charge is 0.226 e. The van der Waals surface area contributed by atoms with Crippen LogP contribution in [-0.2, 0) is 20.8 Å². The average molecular weight is 333 g/mol. The van der Waals surface area contributed by atoms with Crippen molar-refractivity contribution in [3.05, 3.63) is 30.1 Å². The van der Waals surface area contributed by atoms with Crippen LogP contribution >= 0.6 is 0 Å². The van der Waals surface area contributed by atoms with E-state index in [9.17, 15) is 4.79 Å². The summed E-state index contributed by atoms with van der Waals surface area (Å²) in [7, 11) is 3.09. The van der Waals surface area contributed by atoms with E-state index in [0.717, 1.165) is 0 Å². The molecule has 108 valence electrons. The van der Waals surface area contributed by atoms with Crippen LogP contribution in [0.25, 0.3) is 0 Å². The number of hydrogen-bond donors (Lipinski definition) is 1. The summed E-state index contributed by atoms with van der Waals surface area (Å²) in [5, 5.41) is 2.76. The number of carbonyl (C=O) groups is 1. The number of aryl methyl sites for hydroxylation is 2. The lowest BCUT2D eigenvalue weighted by Crippen LogP contribution is -3.00. The lowest BCUT2D eigenvalue weighted by molar-refractivity contribution is -0.695. The maximum absolute atomic E-state index is 11.6. The molecule has 0 radical (unpaired) electrons. The van der Waals surface area contributed by atoms with Crippen molar-refractivity contribution in [2.45, 2.75) is 26.2 Å². The zero-order valence-electron chi connectivity index (χ0n) is 11.6. The highest BCUT2D eigenvalue weighted by Crippen LogP contribution is 1.91. The molecule has 0 saturated carbocycles. The van der Waals surface area contributed by atoms with E-state index in [1.807, 2.05) is 36.0 Å². The van der Waals surface area contributed by atoms with Gasteiger partial charge in [-0.1, -0.05) is 0 Å². The van der Waals surface area contributed by atoms with Crippen molar-refractivity contribution >= 4 is 5.91 Å². The molecule has 19 heavy (non-hydrogen) atoms. The average Bonchev–Trinajstić information content (AvgIpc) is 2.39. The number of amides is 1. The summed E-state index contributed by atoms with van der Waals surface area (Å²) in [5.41, 5.74) is 1.21. The number of aromatic nitrogens is 1. The van der Waals surface area contributed by atoms with Crippen molar-refractivity contribution in [2.75, 3.05) is 20.8 Å². The van der Waals surface area contributed by atoms with Gasteiger partial charge in [0.2, 0.25) is 5.91 Å². The SMILES string of the molecule is COC(CNC(=O)CC[n+]1ccc(C)cc1)OC.[Br-]. The molecule has 1 aromatic heterocycles. The number of halogens is 1. The van der Waals surface area contributed by atoms with Gasteiger partial charge in [0.05, 0.1) is 13.0 Å². The molecule has 0 aromatic carbocycles. The summed E-state index contributed by atoms with van der Waals surface area (Å²) in [6, 6.07) is 4.04. The van der Waals surface area contributed by atoms with Crippen molar-refractivity contribution in [3.8, 4) is 0 Å². The Morgan fingerprint density at radius 2 is 1.89 bits per heavy atom. The molecule has 1 amide bonds. The molecule has 0 spiro atoms. The summed E-state index contributed by atoms with van der Waals surface area (Å²) in [6.07, 6.45) is 3.99. The molecule has 1 aromatic rings. The van der Waals surface area contributed by atoms with E-state index in [-0.39, 0.29) is 29.2 Å². The highest BCUT2D eigenvalue weighted by molar-refractivity contribution is 5.75. The standard InChI is InChI=1S/C13H20N2O3.BrH/c1-11-4-7-15(8-5-11)9-6-12(16)14-10-13(17-2)18-3;/h4-5,7-8,13H,6,9-10H2,1-3H3;1H. The van der Waals surface area contributed by atoms with Gasteiger partial charge in [-0.05, 0) is 12.5 Å². The van der Waals surface area contributed by atoms with Crippen LogP contribution in [-0.4, -0.2) is 33.0 Å². The first-order chi connectivity index (χ1) is 8.65.